The standard InChI is InChI=1S/C10H8ClN/c11-10-5-4-8-7(6-12)2-1-3-9(8)10/h1-3,10H,4-5H2. The third-order valence-electron chi connectivity index (χ3n) is 2.32. The van der Waals surface area contributed by atoms with E-state index in [1.54, 1.807) is 0 Å². The van der Waals surface area contributed by atoms with Gasteiger partial charge in [0.2, 0.25) is 0 Å². The summed E-state index contributed by atoms with van der Waals surface area (Å²) >= 11 is 6.06. The zero-order valence-corrected chi connectivity index (χ0v) is 7.30. The molecule has 1 aromatic carbocycles. The molecule has 0 amide bonds. The number of halogens is 1. The highest BCUT2D eigenvalue weighted by atomic mass is 35.5. The van der Waals surface area contributed by atoms with Crippen molar-refractivity contribution >= 4 is 11.6 Å². The zero-order valence-electron chi connectivity index (χ0n) is 6.55. The highest BCUT2D eigenvalue weighted by Crippen LogP contribution is 2.37. The molecule has 0 fully saturated rings. The van der Waals surface area contributed by atoms with E-state index in [-0.39, 0.29) is 5.38 Å². The van der Waals surface area contributed by atoms with Crippen LogP contribution in [-0.2, 0) is 6.42 Å². The first-order valence-corrected chi connectivity index (χ1v) is 4.42. The first-order valence-electron chi connectivity index (χ1n) is 3.99. The molecule has 0 bridgehead atoms. The molecule has 2 heteroatoms. The Hall–Kier alpha value is -1.00. The van der Waals surface area contributed by atoms with Crippen LogP contribution in [-0.4, -0.2) is 0 Å². The lowest BCUT2D eigenvalue weighted by atomic mass is 10.0. The van der Waals surface area contributed by atoms with Gasteiger partial charge in [-0.25, -0.2) is 0 Å². The number of hydrogen-bond acceptors (Lipinski definition) is 1. The van der Waals surface area contributed by atoms with E-state index in [1.807, 2.05) is 18.2 Å². The summed E-state index contributed by atoms with van der Waals surface area (Å²) in [7, 11) is 0. The van der Waals surface area contributed by atoms with E-state index >= 15 is 0 Å². The number of nitriles is 1. The molecule has 12 heavy (non-hydrogen) atoms. The second-order valence-corrected chi connectivity index (χ2v) is 3.52. The van der Waals surface area contributed by atoms with Crippen LogP contribution in [0.1, 0.15) is 28.5 Å². The Balaban J connectivity index is 2.60. The molecule has 1 aliphatic rings. The predicted molar refractivity (Wildman–Crippen MR) is 48.1 cm³/mol. The lowest BCUT2D eigenvalue weighted by molar-refractivity contribution is 0.881. The first-order chi connectivity index (χ1) is 5.83. The Morgan fingerprint density at radius 3 is 3.08 bits per heavy atom. The van der Waals surface area contributed by atoms with Crippen LogP contribution in [0, 0.1) is 11.3 Å². The molecule has 0 N–H and O–H groups in total. The summed E-state index contributed by atoms with van der Waals surface area (Å²) in [4.78, 5) is 0. The topological polar surface area (TPSA) is 23.8 Å². The average molecular weight is 178 g/mol. The number of benzene rings is 1. The Morgan fingerprint density at radius 1 is 1.50 bits per heavy atom. The van der Waals surface area contributed by atoms with Crippen LogP contribution in [0.2, 0.25) is 0 Å². The van der Waals surface area contributed by atoms with Gasteiger partial charge in [-0.2, -0.15) is 5.26 Å². The quantitative estimate of drug-likeness (QED) is 0.559. The summed E-state index contributed by atoms with van der Waals surface area (Å²) < 4.78 is 0. The molecular weight excluding hydrogens is 170 g/mol. The fourth-order valence-corrected chi connectivity index (χ4v) is 2.02. The van der Waals surface area contributed by atoms with Crippen LogP contribution in [0.25, 0.3) is 0 Å². The van der Waals surface area contributed by atoms with Crippen LogP contribution in [0.4, 0.5) is 0 Å². The maximum Gasteiger partial charge on any atom is 0.0994 e. The minimum Gasteiger partial charge on any atom is -0.192 e. The highest BCUT2D eigenvalue weighted by Gasteiger charge is 2.21. The lowest BCUT2D eigenvalue weighted by Crippen LogP contribution is -1.87. The van der Waals surface area contributed by atoms with Crippen molar-refractivity contribution in [2.45, 2.75) is 18.2 Å². The molecule has 60 valence electrons. The van der Waals surface area contributed by atoms with E-state index in [0.717, 1.165) is 29.5 Å². The number of hydrogen-bond donors (Lipinski definition) is 0. The number of rotatable bonds is 0. The number of fused-ring (bicyclic) bond motifs is 1. The van der Waals surface area contributed by atoms with Crippen molar-refractivity contribution in [3.05, 3.63) is 34.9 Å². The molecule has 0 saturated heterocycles. The molecule has 1 nitrogen and oxygen atoms in total. The Labute approximate surface area is 76.6 Å². The Morgan fingerprint density at radius 2 is 2.33 bits per heavy atom. The number of nitrogens with zero attached hydrogens (tertiary/aromatic N) is 1. The SMILES string of the molecule is N#Cc1cccc2c1CCC2Cl. The molecule has 2 rings (SSSR count). The van der Waals surface area contributed by atoms with E-state index in [0.29, 0.717) is 0 Å². The van der Waals surface area contributed by atoms with Gasteiger partial charge in [0.15, 0.2) is 0 Å². The fourth-order valence-electron chi connectivity index (χ4n) is 1.71. The molecule has 1 aromatic rings. The molecule has 0 aliphatic heterocycles. The lowest BCUT2D eigenvalue weighted by Gasteiger charge is -2.02. The number of alkyl halides is 1. The molecule has 0 saturated carbocycles. The van der Waals surface area contributed by atoms with Gasteiger partial charge in [0.1, 0.15) is 0 Å². The molecule has 0 aromatic heterocycles. The highest BCUT2D eigenvalue weighted by molar-refractivity contribution is 6.21. The van der Waals surface area contributed by atoms with Crippen molar-refractivity contribution in [3.63, 3.8) is 0 Å². The summed E-state index contributed by atoms with van der Waals surface area (Å²) in [6.45, 7) is 0. The smallest absolute Gasteiger partial charge is 0.0994 e. The van der Waals surface area contributed by atoms with Crippen LogP contribution in [0.5, 0.6) is 0 Å². The van der Waals surface area contributed by atoms with Crippen LogP contribution >= 0.6 is 11.6 Å². The van der Waals surface area contributed by atoms with Gasteiger partial charge in [-0.1, -0.05) is 12.1 Å². The molecule has 0 spiro atoms. The maximum absolute atomic E-state index is 8.79. The first kappa shape index (κ1) is 7.64. The van der Waals surface area contributed by atoms with Crippen molar-refractivity contribution < 1.29 is 0 Å². The molecule has 1 unspecified atom stereocenters. The van der Waals surface area contributed by atoms with Gasteiger partial charge in [-0.3, -0.25) is 0 Å². The average Bonchev–Trinajstić information content (AvgIpc) is 2.48. The maximum atomic E-state index is 8.79. The minimum absolute atomic E-state index is 0.119. The molecule has 1 aliphatic carbocycles. The third kappa shape index (κ3) is 1.00. The van der Waals surface area contributed by atoms with Gasteiger partial charge >= 0.3 is 0 Å². The fraction of sp³-hybridized carbons (Fsp3) is 0.300. The molecule has 0 radical (unpaired) electrons. The van der Waals surface area contributed by atoms with Crippen molar-refractivity contribution in [2.24, 2.45) is 0 Å². The summed E-state index contributed by atoms with van der Waals surface area (Å²) in [5, 5.41) is 8.91. The zero-order chi connectivity index (χ0) is 8.55. The Kier molecular flexibility index (Phi) is 1.78. The van der Waals surface area contributed by atoms with Gasteiger partial charge in [0, 0.05) is 0 Å². The van der Waals surface area contributed by atoms with Gasteiger partial charge in [-0.15, -0.1) is 11.6 Å². The molecular formula is C10H8ClN. The summed E-state index contributed by atoms with van der Waals surface area (Å²) in [6.07, 6.45) is 1.92. The molecule has 0 heterocycles. The molecule has 1 atom stereocenters. The summed E-state index contributed by atoms with van der Waals surface area (Å²) in [5.41, 5.74) is 3.09. The van der Waals surface area contributed by atoms with E-state index < -0.39 is 0 Å². The van der Waals surface area contributed by atoms with E-state index in [4.69, 9.17) is 16.9 Å². The van der Waals surface area contributed by atoms with Crippen LogP contribution in [0.3, 0.4) is 0 Å². The van der Waals surface area contributed by atoms with E-state index in [1.165, 1.54) is 0 Å². The van der Waals surface area contributed by atoms with Gasteiger partial charge in [0.25, 0.3) is 0 Å². The van der Waals surface area contributed by atoms with E-state index in [9.17, 15) is 0 Å². The normalized spacial score (nSPS) is 20.2. The van der Waals surface area contributed by atoms with Crippen molar-refractivity contribution in [1.82, 2.24) is 0 Å². The van der Waals surface area contributed by atoms with Crippen LogP contribution in [0.15, 0.2) is 18.2 Å². The van der Waals surface area contributed by atoms with Crippen molar-refractivity contribution in [1.29, 1.82) is 5.26 Å². The second kappa shape index (κ2) is 2.80. The minimum atomic E-state index is 0.119. The van der Waals surface area contributed by atoms with Gasteiger partial charge in [-0.05, 0) is 30.0 Å². The Bertz CT molecular complexity index is 351. The predicted octanol–water partition coefficient (Wildman–Crippen LogP) is 2.78. The summed E-state index contributed by atoms with van der Waals surface area (Å²) in [6, 6.07) is 7.96. The monoisotopic (exact) mass is 177 g/mol. The van der Waals surface area contributed by atoms with Gasteiger partial charge in [0.05, 0.1) is 17.0 Å². The van der Waals surface area contributed by atoms with Crippen molar-refractivity contribution in [3.8, 4) is 6.07 Å². The second-order valence-electron chi connectivity index (χ2n) is 2.99. The largest absolute Gasteiger partial charge is 0.192 e. The van der Waals surface area contributed by atoms with E-state index in [2.05, 4.69) is 6.07 Å². The van der Waals surface area contributed by atoms with Gasteiger partial charge < -0.3 is 0 Å². The summed E-state index contributed by atoms with van der Waals surface area (Å²) in [5.74, 6) is 0. The third-order valence-corrected chi connectivity index (χ3v) is 2.77. The van der Waals surface area contributed by atoms with Crippen LogP contribution < -0.4 is 0 Å². The van der Waals surface area contributed by atoms with Crippen molar-refractivity contribution in [2.75, 3.05) is 0 Å².